The second-order valence-corrected chi connectivity index (χ2v) is 3.31. The Morgan fingerprint density at radius 3 is 2.75 bits per heavy atom. The van der Waals surface area contributed by atoms with Crippen LogP contribution in [0, 0.1) is 5.92 Å². The summed E-state index contributed by atoms with van der Waals surface area (Å²) in [7, 11) is 0. The van der Waals surface area contributed by atoms with E-state index in [9.17, 15) is 4.79 Å². The minimum absolute atomic E-state index is 0.231. The van der Waals surface area contributed by atoms with Crippen LogP contribution >= 0.6 is 0 Å². The molecule has 0 aliphatic carbocycles. The SMILES string of the molecule is CCCC(C)CNCCC(N)=O. The predicted molar refractivity (Wildman–Crippen MR) is 50.8 cm³/mol. The predicted octanol–water partition coefficient (Wildman–Crippen LogP) is 0.888. The van der Waals surface area contributed by atoms with E-state index < -0.39 is 0 Å². The molecular weight excluding hydrogens is 152 g/mol. The number of hydrogen-bond acceptors (Lipinski definition) is 2. The highest BCUT2D eigenvalue weighted by molar-refractivity contribution is 5.73. The Morgan fingerprint density at radius 1 is 1.58 bits per heavy atom. The summed E-state index contributed by atoms with van der Waals surface area (Å²) in [4.78, 5) is 10.4. The molecule has 0 aromatic carbocycles. The van der Waals surface area contributed by atoms with Gasteiger partial charge in [0.15, 0.2) is 0 Å². The lowest BCUT2D eigenvalue weighted by molar-refractivity contribution is -0.117. The standard InChI is InChI=1S/C9H20N2O/c1-3-4-8(2)7-11-6-5-9(10)12/h8,11H,3-7H2,1-2H3,(H2,10,12). The molecule has 12 heavy (non-hydrogen) atoms. The summed E-state index contributed by atoms with van der Waals surface area (Å²) < 4.78 is 0. The number of primary amides is 1. The van der Waals surface area contributed by atoms with Crippen molar-refractivity contribution in [1.29, 1.82) is 0 Å². The maximum absolute atomic E-state index is 10.4. The molecule has 0 radical (unpaired) electrons. The second kappa shape index (κ2) is 7.10. The number of carbonyl (C=O) groups is 1. The van der Waals surface area contributed by atoms with E-state index >= 15 is 0 Å². The average Bonchev–Trinajstić information content (AvgIpc) is 1.98. The zero-order valence-electron chi connectivity index (χ0n) is 8.10. The monoisotopic (exact) mass is 172 g/mol. The van der Waals surface area contributed by atoms with Crippen LogP contribution in [-0.2, 0) is 4.79 Å². The summed E-state index contributed by atoms with van der Waals surface area (Å²) in [6.45, 7) is 6.09. The largest absolute Gasteiger partial charge is 0.370 e. The molecule has 0 aliphatic rings. The van der Waals surface area contributed by atoms with Gasteiger partial charge in [0.2, 0.25) is 5.91 Å². The van der Waals surface area contributed by atoms with Gasteiger partial charge in [-0.25, -0.2) is 0 Å². The van der Waals surface area contributed by atoms with E-state index in [2.05, 4.69) is 19.2 Å². The van der Waals surface area contributed by atoms with Gasteiger partial charge in [0.05, 0.1) is 0 Å². The molecule has 0 heterocycles. The van der Waals surface area contributed by atoms with E-state index in [4.69, 9.17) is 5.73 Å². The quantitative estimate of drug-likeness (QED) is 0.560. The van der Waals surface area contributed by atoms with E-state index in [1.54, 1.807) is 0 Å². The molecule has 0 aromatic rings. The van der Waals surface area contributed by atoms with Gasteiger partial charge in [-0.05, 0) is 18.9 Å². The Balaban J connectivity index is 3.13. The third kappa shape index (κ3) is 7.54. The number of carbonyl (C=O) groups excluding carboxylic acids is 1. The second-order valence-electron chi connectivity index (χ2n) is 3.31. The zero-order chi connectivity index (χ0) is 9.40. The molecule has 0 spiro atoms. The molecule has 0 aliphatic heterocycles. The number of rotatable bonds is 7. The highest BCUT2D eigenvalue weighted by Crippen LogP contribution is 2.02. The lowest BCUT2D eigenvalue weighted by atomic mass is 10.1. The van der Waals surface area contributed by atoms with Gasteiger partial charge in [-0.3, -0.25) is 4.79 Å². The van der Waals surface area contributed by atoms with Crippen molar-refractivity contribution in [3.05, 3.63) is 0 Å². The van der Waals surface area contributed by atoms with Crippen LogP contribution in [-0.4, -0.2) is 19.0 Å². The van der Waals surface area contributed by atoms with Crippen LogP contribution in [0.1, 0.15) is 33.1 Å². The molecule has 1 amide bonds. The van der Waals surface area contributed by atoms with Gasteiger partial charge in [0.1, 0.15) is 0 Å². The van der Waals surface area contributed by atoms with Crippen molar-refractivity contribution in [1.82, 2.24) is 5.32 Å². The first kappa shape index (κ1) is 11.4. The Hall–Kier alpha value is -0.570. The van der Waals surface area contributed by atoms with Gasteiger partial charge in [0, 0.05) is 13.0 Å². The van der Waals surface area contributed by atoms with Crippen molar-refractivity contribution >= 4 is 5.91 Å². The Morgan fingerprint density at radius 2 is 2.25 bits per heavy atom. The maximum Gasteiger partial charge on any atom is 0.218 e. The van der Waals surface area contributed by atoms with Gasteiger partial charge >= 0.3 is 0 Å². The van der Waals surface area contributed by atoms with E-state index in [1.165, 1.54) is 12.8 Å². The summed E-state index contributed by atoms with van der Waals surface area (Å²) in [6.07, 6.45) is 2.90. The van der Waals surface area contributed by atoms with Crippen molar-refractivity contribution in [2.75, 3.05) is 13.1 Å². The fourth-order valence-electron chi connectivity index (χ4n) is 1.15. The third-order valence-corrected chi connectivity index (χ3v) is 1.82. The molecule has 0 saturated carbocycles. The first-order chi connectivity index (χ1) is 5.66. The van der Waals surface area contributed by atoms with E-state index in [0.29, 0.717) is 18.9 Å². The molecule has 0 fully saturated rings. The minimum Gasteiger partial charge on any atom is -0.370 e. The fourth-order valence-corrected chi connectivity index (χ4v) is 1.15. The van der Waals surface area contributed by atoms with E-state index in [-0.39, 0.29) is 5.91 Å². The zero-order valence-corrected chi connectivity index (χ0v) is 8.10. The van der Waals surface area contributed by atoms with Crippen molar-refractivity contribution < 1.29 is 4.79 Å². The fraction of sp³-hybridized carbons (Fsp3) is 0.889. The Bertz CT molecular complexity index is 126. The maximum atomic E-state index is 10.4. The van der Waals surface area contributed by atoms with Crippen molar-refractivity contribution in [3.8, 4) is 0 Å². The third-order valence-electron chi connectivity index (χ3n) is 1.82. The van der Waals surface area contributed by atoms with Crippen molar-refractivity contribution in [3.63, 3.8) is 0 Å². The van der Waals surface area contributed by atoms with Crippen LogP contribution in [0.4, 0.5) is 0 Å². The number of amides is 1. The van der Waals surface area contributed by atoms with Gasteiger partial charge in [-0.1, -0.05) is 20.3 Å². The molecular formula is C9H20N2O. The molecule has 0 aromatic heterocycles. The number of nitrogens with one attached hydrogen (secondary N) is 1. The highest BCUT2D eigenvalue weighted by atomic mass is 16.1. The summed E-state index contributed by atoms with van der Waals surface area (Å²) >= 11 is 0. The molecule has 72 valence electrons. The minimum atomic E-state index is -0.231. The number of nitrogens with two attached hydrogens (primary N) is 1. The van der Waals surface area contributed by atoms with Gasteiger partial charge in [-0.15, -0.1) is 0 Å². The summed E-state index contributed by atoms with van der Waals surface area (Å²) in [5.74, 6) is 0.466. The lowest BCUT2D eigenvalue weighted by Gasteiger charge is -2.10. The van der Waals surface area contributed by atoms with Gasteiger partial charge < -0.3 is 11.1 Å². The normalized spacial score (nSPS) is 12.8. The molecule has 3 N–H and O–H groups in total. The van der Waals surface area contributed by atoms with E-state index in [0.717, 1.165) is 6.54 Å². The van der Waals surface area contributed by atoms with Crippen LogP contribution < -0.4 is 11.1 Å². The van der Waals surface area contributed by atoms with Crippen LogP contribution in [0.3, 0.4) is 0 Å². The number of hydrogen-bond donors (Lipinski definition) is 2. The summed E-state index contributed by atoms with van der Waals surface area (Å²) in [5.41, 5.74) is 4.99. The van der Waals surface area contributed by atoms with Crippen molar-refractivity contribution in [2.45, 2.75) is 33.1 Å². The topological polar surface area (TPSA) is 55.1 Å². The van der Waals surface area contributed by atoms with Crippen LogP contribution in [0.15, 0.2) is 0 Å². The first-order valence-electron chi connectivity index (χ1n) is 4.65. The molecule has 3 nitrogen and oxygen atoms in total. The first-order valence-corrected chi connectivity index (χ1v) is 4.65. The van der Waals surface area contributed by atoms with Crippen LogP contribution in [0.25, 0.3) is 0 Å². The molecule has 0 bridgehead atoms. The summed E-state index contributed by atoms with van der Waals surface area (Å²) in [6, 6.07) is 0. The average molecular weight is 172 g/mol. The Kier molecular flexibility index (Phi) is 6.76. The van der Waals surface area contributed by atoms with Gasteiger partial charge in [0.25, 0.3) is 0 Å². The molecule has 1 atom stereocenters. The molecule has 1 unspecified atom stereocenters. The van der Waals surface area contributed by atoms with Crippen LogP contribution in [0.2, 0.25) is 0 Å². The van der Waals surface area contributed by atoms with Gasteiger partial charge in [-0.2, -0.15) is 0 Å². The summed E-state index contributed by atoms with van der Waals surface area (Å²) in [5, 5.41) is 3.20. The molecule has 3 heteroatoms. The van der Waals surface area contributed by atoms with E-state index in [1.807, 2.05) is 0 Å². The van der Waals surface area contributed by atoms with Crippen LogP contribution in [0.5, 0.6) is 0 Å². The molecule has 0 rings (SSSR count). The smallest absolute Gasteiger partial charge is 0.218 e. The van der Waals surface area contributed by atoms with Crippen molar-refractivity contribution in [2.24, 2.45) is 11.7 Å². The Labute approximate surface area is 74.7 Å². The molecule has 0 saturated heterocycles. The lowest BCUT2D eigenvalue weighted by Crippen LogP contribution is -2.25. The highest BCUT2D eigenvalue weighted by Gasteiger charge is 1.99.